The molecule has 6 heteroatoms. The summed E-state index contributed by atoms with van der Waals surface area (Å²) in [7, 11) is 0. The second-order valence-electron chi connectivity index (χ2n) is 3.74. The van der Waals surface area contributed by atoms with Gasteiger partial charge in [-0.2, -0.15) is 0 Å². The minimum Gasteiger partial charge on any atom is -0.398 e. The summed E-state index contributed by atoms with van der Waals surface area (Å²) in [6.07, 6.45) is 2.20. The van der Waals surface area contributed by atoms with Crippen LogP contribution in [0, 0.1) is 6.92 Å². The summed E-state index contributed by atoms with van der Waals surface area (Å²) >= 11 is 0. The molecule has 0 aliphatic carbocycles. The van der Waals surface area contributed by atoms with E-state index in [1.54, 1.807) is 13.0 Å². The summed E-state index contributed by atoms with van der Waals surface area (Å²) in [5.41, 5.74) is 12.2. The third-order valence-electron chi connectivity index (χ3n) is 2.20. The highest BCUT2D eigenvalue weighted by Gasteiger charge is 2.09. The zero-order valence-electron chi connectivity index (χ0n) is 9.69. The van der Waals surface area contributed by atoms with E-state index in [1.165, 1.54) is 6.20 Å². The van der Waals surface area contributed by atoms with Crippen LogP contribution in [-0.4, -0.2) is 23.3 Å². The summed E-state index contributed by atoms with van der Waals surface area (Å²) in [6, 6.07) is 1.64. The summed E-state index contributed by atoms with van der Waals surface area (Å²) in [5.74, 6) is -0.671. The molecule has 5 N–H and O–H groups in total. The van der Waals surface area contributed by atoms with Crippen molar-refractivity contribution in [3.8, 4) is 0 Å². The number of aryl methyl sites for hydroxylation is 1. The topological polar surface area (TPSA) is 111 Å². The van der Waals surface area contributed by atoms with Crippen molar-refractivity contribution in [1.29, 1.82) is 0 Å². The Morgan fingerprint density at radius 2 is 2.18 bits per heavy atom. The molecule has 0 bridgehead atoms. The van der Waals surface area contributed by atoms with Crippen molar-refractivity contribution in [1.82, 2.24) is 10.3 Å². The van der Waals surface area contributed by atoms with Crippen LogP contribution in [0.3, 0.4) is 0 Å². The van der Waals surface area contributed by atoms with Crippen molar-refractivity contribution < 1.29 is 9.59 Å². The van der Waals surface area contributed by atoms with Crippen molar-refractivity contribution in [3.63, 3.8) is 0 Å². The molecule has 0 saturated carbocycles. The van der Waals surface area contributed by atoms with Gasteiger partial charge in [-0.3, -0.25) is 14.6 Å². The fourth-order valence-electron chi connectivity index (χ4n) is 1.33. The van der Waals surface area contributed by atoms with Gasteiger partial charge in [-0.05, 0) is 19.4 Å². The van der Waals surface area contributed by atoms with E-state index in [9.17, 15) is 9.59 Å². The molecule has 0 aromatic carbocycles. The molecule has 0 atom stereocenters. The van der Waals surface area contributed by atoms with Crippen LogP contribution in [0.25, 0.3) is 0 Å². The van der Waals surface area contributed by atoms with E-state index in [0.29, 0.717) is 24.2 Å². The minimum atomic E-state index is -0.379. The van der Waals surface area contributed by atoms with Crippen molar-refractivity contribution in [2.45, 2.75) is 19.8 Å². The van der Waals surface area contributed by atoms with Gasteiger partial charge in [-0.25, -0.2) is 0 Å². The Hall–Kier alpha value is -2.11. The summed E-state index contributed by atoms with van der Waals surface area (Å²) in [4.78, 5) is 26.2. The fraction of sp³-hybridized carbons (Fsp3) is 0.364. The van der Waals surface area contributed by atoms with Crippen LogP contribution < -0.4 is 16.8 Å². The monoisotopic (exact) mass is 236 g/mol. The summed E-state index contributed by atoms with van der Waals surface area (Å²) < 4.78 is 0. The molecule has 0 unspecified atom stereocenters. The maximum Gasteiger partial charge on any atom is 0.254 e. The predicted molar refractivity (Wildman–Crippen MR) is 64.1 cm³/mol. The van der Waals surface area contributed by atoms with E-state index < -0.39 is 0 Å². The van der Waals surface area contributed by atoms with Crippen molar-refractivity contribution >= 4 is 17.5 Å². The summed E-state index contributed by atoms with van der Waals surface area (Å²) in [6.45, 7) is 2.18. The number of amides is 2. The molecular formula is C11H16N4O2. The number of nitrogens with two attached hydrogens (primary N) is 2. The molecule has 2 amide bonds. The number of carbonyl (C=O) groups is 2. The fourth-order valence-corrected chi connectivity index (χ4v) is 1.33. The van der Waals surface area contributed by atoms with E-state index >= 15 is 0 Å². The molecule has 1 heterocycles. The lowest BCUT2D eigenvalue weighted by molar-refractivity contribution is -0.118. The molecule has 0 aliphatic heterocycles. The van der Waals surface area contributed by atoms with Crippen molar-refractivity contribution in [2.24, 2.45) is 5.73 Å². The van der Waals surface area contributed by atoms with Gasteiger partial charge in [0.1, 0.15) is 0 Å². The normalized spacial score (nSPS) is 9.94. The molecule has 6 nitrogen and oxygen atoms in total. The Morgan fingerprint density at radius 1 is 1.47 bits per heavy atom. The van der Waals surface area contributed by atoms with Crippen LogP contribution in [0.4, 0.5) is 5.69 Å². The largest absolute Gasteiger partial charge is 0.398 e. The summed E-state index contributed by atoms with van der Waals surface area (Å²) in [5, 5.41) is 2.65. The third-order valence-corrected chi connectivity index (χ3v) is 2.20. The first-order valence-corrected chi connectivity index (χ1v) is 5.29. The van der Waals surface area contributed by atoms with E-state index in [4.69, 9.17) is 11.5 Å². The van der Waals surface area contributed by atoms with Gasteiger partial charge >= 0.3 is 0 Å². The average molecular weight is 236 g/mol. The smallest absolute Gasteiger partial charge is 0.254 e. The highest BCUT2D eigenvalue weighted by Crippen LogP contribution is 2.10. The quantitative estimate of drug-likeness (QED) is 0.623. The number of pyridine rings is 1. The molecule has 0 radical (unpaired) electrons. The van der Waals surface area contributed by atoms with Gasteiger partial charge in [0.2, 0.25) is 5.91 Å². The van der Waals surface area contributed by atoms with Crippen LogP contribution in [0.2, 0.25) is 0 Å². The lowest BCUT2D eigenvalue weighted by Crippen LogP contribution is -2.26. The van der Waals surface area contributed by atoms with E-state index in [1.807, 2.05) is 0 Å². The molecule has 0 spiro atoms. The van der Waals surface area contributed by atoms with Crippen LogP contribution in [0.15, 0.2) is 12.3 Å². The van der Waals surface area contributed by atoms with Gasteiger partial charge in [0.05, 0.1) is 5.56 Å². The molecule has 17 heavy (non-hydrogen) atoms. The lowest BCUT2D eigenvalue weighted by Gasteiger charge is -2.07. The van der Waals surface area contributed by atoms with Gasteiger partial charge in [0, 0.05) is 30.5 Å². The highest BCUT2D eigenvalue weighted by atomic mass is 16.2. The zero-order chi connectivity index (χ0) is 12.8. The SMILES string of the molecule is Cc1cc(N)c(C(=O)NCCCC(N)=O)cn1. The third kappa shape index (κ3) is 4.10. The molecule has 1 rings (SSSR count). The number of nitrogens with one attached hydrogen (secondary N) is 1. The Balaban J connectivity index is 2.50. The number of nitrogen functional groups attached to an aromatic ring is 1. The number of rotatable bonds is 5. The number of primary amides is 1. The van der Waals surface area contributed by atoms with Crippen molar-refractivity contribution in [2.75, 3.05) is 12.3 Å². The minimum absolute atomic E-state index is 0.252. The first-order valence-electron chi connectivity index (χ1n) is 5.29. The average Bonchev–Trinajstić information content (AvgIpc) is 2.23. The number of hydrogen-bond donors (Lipinski definition) is 3. The number of nitrogens with zero attached hydrogens (tertiary/aromatic N) is 1. The maximum absolute atomic E-state index is 11.7. The van der Waals surface area contributed by atoms with Crippen LogP contribution in [-0.2, 0) is 4.79 Å². The Morgan fingerprint density at radius 3 is 2.76 bits per heavy atom. The molecule has 92 valence electrons. The molecule has 0 aliphatic rings. The second kappa shape index (κ2) is 5.83. The van der Waals surface area contributed by atoms with Gasteiger partial charge in [-0.15, -0.1) is 0 Å². The number of anilines is 1. The standard InChI is InChI=1S/C11H16N4O2/c1-7-5-9(12)8(6-15-7)11(17)14-4-2-3-10(13)16/h5-6H,2-4H2,1H3,(H2,12,15)(H2,13,16)(H,14,17). The van der Waals surface area contributed by atoms with E-state index in [-0.39, 0.29) is 18.2 Å². The van der Waals surface area contributed by atoms with Gasteiger partial charge < -0.3 is 16.8 Å². The number of aromatic nitrogens is 1. The second-order valence-corrected chi connectivity index (χ2v) is 3.74. The Labute approximate surface area is 99.4 Å². The van der Waals surface area contributed by atoms with E-state index in [0.717, 1.165) is 5.69 Å². The lowest BCUT2D eigenvalue weighted by atomic mass is 10.2. The number of carbonyl (C=O) groups excluding carboxylic acids is 2. The maximum atomic E-state index is 11.7. The van der Waals surface area contributed by atoms with Gasteiger partial charge in [0.15, 0.2) is 0 Å². The van der Waals surface area contributed by atoms with Gasteiger partial charge in [-0.1, -0.05) is 0 Å². The van der Waals surface area contributed by atoms with Crippen LogP contribution in [0.1, 0.15) is 28.9 Å². The molecule has 1 aromatic rings. The van der Waals surface area contributed by atoms with Crippen molar-refractivity contribution in [3.05, 3.63) is 23.5 Å². The zero-order valence-corrected chi connectivity index (χ0v) is 9.69. The predicted octanol–water partition coefficient (Wildman–Crippen LogP) is -0.0325. The van der Waals surface area contributed by atoms with Gasteiger partial charge in [0.25, 0.3) is 5.91 Å². The first kappa shape index (κ1) is 13.0. The van der Waals surface area contributed by atoms with Crippen LogP contribution in [0.5, 0.6) is 0 Å². The van der Waals surface area contributed by atoms with Crippen LogP contribution >= 0.6 is 0 Å². The first-order chi connectivity index (χ1) is 8.00. The Bertz CT molecular complexity index is 431. The number of hydrogen-bond acceptors (Lipinski definition) is 4. The van der Waals surface area contributed by atoms with E-state index in [2.05, 4.69) is 10.3 Å². The molecule has 0 fully saturated rings. The Kier molecular flexibility index (Phi) is 4.45. The highest BCUT2D eigenvalue weighted by molar-refractivity contribution is 5.98. The molecule has 1 aromatic heterocycles. The molecule has 0 saturated heterocycles. The molecular weight excluding hydrogens is 220 g/mol.